The zero-order valence-electron chi connectivity index (χ0n) is 12.3. The molecule has 3 rings (SSSR count). The van der Waals surface area contributed by atoms with Gasteiger partial charge in [-0.05, 0) is 25.0 Å². The largest absolute Gasteiger partial charge is 0.323 e. The van der Waals surface area contributed by atoms with Crippen LogP contribution in [-0.2, 0) is 21.2 Å². The number of rotatable bonds is 6. The van der Waals surface area contributed by atoms with E-state index in [-0.39, 0.29) is 28.1 Å². The first kappa shape index (κ1) is 17.3. The molecule has 24 heavy (non-hydrogen) atoms. The SMILES string of the molecule is O=C(Cc1cscn1)Nc1cc(S(=O)(=O)NC2CC2)c(Cl)cc1F. The van der Waals surface area contributed by atoms with Crippen molar-refractivity contribution >= 4 is 44.6 Å². The zero-order valence-corrected chi connectivity index (χ0v) is 14.6. The molecule has 2 aromatic rings. The van der Waals surface area contributed by atoms with Crippen LogP contribution in [0.15, 0.2) is 27.9 Å². The highest BCUT2D eigenvalue weighted by Gasteiger charge is 2.30. The van der Waals surface area contributed by atoms with Crippen molar-refractivity contribution in [2.45, 2.75) is 30.2 Å². The van der Waals surface area contributed by atoms with Crippen LogP contribution in [-0.4, -0.2) is 25.4 Å². The molecule has 1 aromatic carbocycles. The molecule has 128 valence electrons. The maximum Gasteiger partial charge on any atom is 0.242 e. The molecule has 6 nitrogen and oxygen atoms in total. The van der Waals surface area contributed by atoms with Gasteiger partial charge in [-0.15, -0.1) is 11.3 Å². The Kier molecular flexibility index (Phi) is 4.86. The van der Waals surface area contributed by atoms with E-state index in [1.807, 2.05) is 0 Å². The van der Waals surface area contributed by atoms with E-state index in [1.165, 1.54) is 11.3 Å². The number of anilines is 1. The third-order valence-corrected chi connectivity index (χ3v) is 5.93. The van der Waals surface area contributed by atoms with Gasteiger partial charge in [0.05, 0.1) is 28.3 Å². The lowest BCUT2D eigenvalue weighted by molar-refractivity contribution is -0.115. The van der Waals surface area contributed by atoms with E-state index in [0.29, 0.717) is 5.69 Å². The van der Waals surface area contributed by atoms with Crippen molar-refractivity contribution in [1.82, 2.24) is 9.71 Å². The van der Waals surface area contributed by atoms with Crippen LogP contribution in [0.25, 0.3) is 0 Å². The van der Waals surface area contributed by atoms with Gasteiger partial charge in [0.15, 0.2) is 0 Å². The van der Waals surface area contributed by atoms with Gasteiger partial charge in [0.25, 0.3) is 0 Å². The number of sulfonamides is 1. The molecule has 0 saturated heterocycles. The van der Waals surface area contributed by atoms with Gasteiger partial charge >= 0.3 is 0 Å². The summed E-state index contributed by atoms with van der Waals surface area (Å²) in [5, 5.41) is 3.82. The summed E-state index contributed by atoms with van der Waals surface area (Å²) in [7, 11) is -3.86. The predicted molar refractivity (Wildman–Crippen MR) is 89.2 cm³/mol. The Morgan fingerprint density at radius 2 is 2.17 bits per heavy atom. The smallest absolute Gasteiger partial charge is 0.242 e. The molecule has 0 aliphatic heterocycles. The molecule has 1 saturated carbocycles. The van der Waals surface area contributed by atoms with Crippen LogP contribution in [0.3, 0.4) is 0 Å². The van der Waals surface area contributed by atoms with Crippen molar-refractivity contribution in [3.63, 3.8) is 0 Å². The number of amides is 1. The van der Waals surface area contributed by atoms with Crippen LogP contribution < -0.4 is 10.0 Å². The maximum absolute atomic E-state index is 14.0. The fourth-order valence-electron chi connectivity index (χ4n) is 2.00. The van der Waals surface area contributed by atoms with E-state index in [9.17, 15) is 17.6 Å². The second-order valence-electron chi connectivity index (χ2n) is 5.36. The first-order chi connectivity index (χ1) is 11.3. The minimum atomic E-state index is -3.86. The van der Waals surface area contributed by atoms with Crippen LogP contribution in [0.4, 0.5) is 10.1 Å². The number of aromatic nitrogens is 1. The standard InChI is InChI=1S/C14H13ClFN3O3S2/c15-10-4-11(16)12(18-14(20)3-9-6-23-7-17-9)5-13(10)24(21,22)19-8-1-2-8/h4-8,19H,1-3H2,(H,18,20). The Balaban J connectivity index is 1.82. The summed E-state index contributed by atoms with van der Waals surface area (Å²) in [5.41, 5.74) is 1.89. The van der Waals surface area contributed by atoms with Gasteiger partial charge in [-0.1, -0.05) is 11.6 Å². The van der Waals surface area contributed by atoms with E-state index in [1.54, 1.807) is 10.9 Å². The average Bonchev–Trinajstić information content (AvgIpc) is 3.13. The van der Waals surface area contributed by atoms with Crippen molar-refractivity contribution in [2.24, 2.45) is 0 Å². The molecule has 2 N–H and O–H groups in total. The molecule has 0 spiro atoms. The van der Waals surface area contributed by atoms with Crippen molar-refractivity contribution in [1.29, 1.82) is 0 Å². The molecule has 1 aliphatic rings. The topological polar surface area (TPSA) is 88.2 Å². The summed E-state index contributed by atoms with van der Waals surface area (Å²) in [6.07, 6.45) is 1.48. The highest BCUT2D eigenvalue weighted by atomic mass is 35.5. The first-order valence-electron chi connectivity index (χ1n) is 7.03. The molecule has 1 amide bonds. The van der Waals surface area contributed by atoms with Gasteiger partial charge in [-0.2, -0.15) is 0 Å². The number of halogens is 2. The second kappa shape index (κ2) is 6.75. The van der Waals surface area contributed by atoms with E-state index in [0.717, 1.165) is 25.0 Å². The monoisotopic (exact) mass is 389 g/mol. The van der Waals surface area contributed by atoms with Gasteiger partial charge < -0.3 is 5.32 Å². The minimum Gasteiger partial charge on any atom is -0.323 e. The Morgan fingerprint density at radius 1 is 1.42 bits per heavy atom. The molecule has 1 aliphatic carbocycles. The van der Waals surface area contributed by atoms with Crippen molar-refractivity contribution in [3.8, 4) is 0 Å². The Morgan fingerprint density at radius 3 is 2.79 bits per heavy atom. The number of benzene rings is 1. The molecule has 0 atom stereocenters. The lowest BCUT2D eigenvalue weighted by atomic mass is 10.2. The normalized spacial score (nSPS) is 14.6. The number of nitrogens with one attached hydrogen (secondary N) is 2. The number of carbonyl (C=O) groups excluding carboxylic acids is 1. The molecule has 0 radical (unpaired) electrons. The summed E-state index contributed by atoms with van der Waals surface area (Å²) in [4.78, 5) is 15.7. The van der Waals surface area contributed by atoms with Crippen LogP contribution in [0, 0.1) is 5.82 Å². The fourth-order valence-corrected chi connectivity index (χ4v) is 4.40. The number of carbonyl (C=O) groups is 1. The van der Waals surface area contributed by atoms with Gasteiger partial charge in [0.2, 0.25) is 15.9 Å². The molecule has 0 bridgehead atoms. The maximum atomic E-state index is 14.0. The van der Waals surface area contributed by atoms with Crippen molar-refractivity contribution in [3.05, 3.63) is 39.6 Å². The zero-order chi connectivity index (χ0) is 17.3. The Bertz CT molecular complexity index is 868. The summed E-state index contributed by atoms with van der Waals surface area (Å²) in [6, 6.07) is 1.79. The Hall–Kier alpha value is -1.55. The number of nitrogens with zero attached hydrogens (tertiary/aromatic N) is 1. The van der Waals surface area contributed by atoms with Gasteiger partial charge in [-0.3, -0.25) is 4.79 Å². The summed E-state index contributed by atoms with van der Waals surface area (Å²) in [5.74, 6) is -1.31. The highest BCUT2D eigenvalue weighted by molar-refractivity contribution is 7.89. The Labute approximate surface area is 147 Å². The summed E-state index contributed by atoms with van der Waals surface area (Å²) in [6.45, 7) is 0. The van der Waals surface area contributed by atoms with Crippen molar-refractivity contribution < 1.29 is 17.6 Å². The molecule has 1 aromatic heterocycles. The van der Waals surface area contributed by atoms with Crippen LogP contribution in [0.2, 0.25) is 5.02 Å². The molecular formula is C14H13ClFN3O3S2. The number of hydrogen-bond donors (Lipinski definition) is 2. The lowest BCUT2D eigenvalue weighted by Gasteiger charge is -2.11. The van der Waals surface area contributed by atoms with Crippen molar-refractivity contribution in [2.75, 3.05) is 5.32 Å². The molecular weight excluding hydrogens is 377 g/mol. The summed E-state index contributed by atoms with van der Waals surface area (Å²) < 4.78 is 41.0. The second-order valence-corrected chi connectivity index (χ2v) is 8.17. The molecule has 0 unspecified atom stereocenters. The van der Waals surface area contributed by atoms with Gasteiger partial charge in [0, 0.05) is 11.4 Å². The van der Waals surface area contributed by atoms with Crippen LogP contribution in [0.5, 0.6) is 0 Å². The van der Waals surface area contributed by atoms with Crippen LogP contribution in [0.1, 0.15) is 18.5 Å². The van der Waals surface area contributed by atoms with E-state index < -0.39 is 21.7 Å². The van der Waals surface area contributed by atoms with E-state index in [4.69, 9.17) is 11.6 Å². The number of thiazole rings is 1. The molecule has 1 fully saturated rings. The predicted octanol–water partition coefficient (Wildman–Crippen LogP) is 2.56. The van der Waals surface area contributed by atoms with Crippen LogP contribution >= 0.6 is 22.9 Å². The first-order valence-corrected chi connectivity index (χ1v) is 9.84. The highest BCUT2D eigenvalue weighted by Crippen LogP contribution is 2.30. The average molecular weight is 390 g/mol. The minimum absolute atomic E-state index is 0.0338. The van der Waals surface area contributed by atoms with Gasteiger partial charge in [-0.25, -0.2) is 22.5 Å². The van der Waals surface area contributed by atoms with E-state index >= 15 is 0 Å². The third-order valence-electron chi connectivity index (χ3n) is 3.31. The van der Waals surface area contributed by atoms with E-state index in [2.05, 4.69) is 15.0 Å². The lowest BCUT2D eigenvalue weighted by Crippen LogP contribution is -2.26. The number of hydrogen-bond acceptors (Lipinski definition) is 5. The van der Waals surface area contributed by atoms with Gasteiger partial charge in [0.1, 0.15) is 10.7 Å². The summed E-state index contributed by atoms with van der Waals surface area (Å²) >= 11 is 7.20. The third kappa shape index (κ3) is 4.10. The molecule has 1 heterocycles. The fraction of sp³-hybridized carbons (Fsp3) is 0.286. The quantitative estimate of drug-likeness (QED) is 0.794. The molecule has 10 heteroatoms.